The van der Waals surface area contributed by atoms with Crippen molar-refractivity contribution in [3.63, 3.8) is 0 Å². The number of halogens is 1. The predicted molar refractivity (Wildman–Crippen MR) is 69.3 cm³/mol. The molecular formula is C13H12FN3O2. The van der Waals surface area contributed by atoms with Gasteiger partial charge in [-0.1, -0.05) is 6.07 Å². The summed E-state index contributed by atoms with van der Waals surface area (Å²) in [6, 6.07) is 8.65. The largest absolute Gasteiger partial charge is 0.371 e. The van der Waals surface area contributed by atoms with Crippen molar-refractivity contribution in [2.24, 2.45) is 0 Å². The molecule has 0 spiro atoms. The van der Waals surface area contributed by atoms with E-state index in [1.165, 1.54) is 12.1 Å². The Morgan fingerprint density at radius 3 is 2.79 bits per heavy atom. The quantitative estimate of drug-likeness (QED) is 0.677. The normalized spacial score (nSPS) is 11.9. The summed E-state index contributed by atoms with van der Waals surface area (Å²) in [5.74, 6) is -0.636. The minimum absolute atomic E-state index is 0.217. The lowest BCUT2D eigenvalue weighted by molar-refractivity contribution is -0.384. The van der Waals surface area contributed by atoms with Gasteiger partial charge in [0.2, 0.25) is 0 Å². The molecule has 1 atom stereocenters. The fraction of sp³-hybridized carbons (Fsp3) is 0.154. The summed E-state index contributed by atoms with van der Waals surface area (Å²) in [6.07, 6.45) is 1.65. The average molecular weight is 261 g/mol. The van der Waals surface area contributed by atoms with Gasteiger partial charge in [0.25, 0.3) is 5.69 Å². The molecule has 6 heteroatoms. The monoisotopic (exact) mass is 261 g/mol. The lowest BCUT2D eigenvalue weighted by atomic mass is 10.2. The number of benzene rings is 1. The number of nitrogens with zero attached hydrogens (tertiary/aromatic N) is 2. The molecule has 98 valence electrons. The van der Waals surface area contributed by atoms with Gasteiger partial charge in [0.15, 0.2) is 0 Å². The smallest absolute Gasteiger partial charge is 0.295 e. The number of nitrogens with one attached hydrogen (secondary N) is 1. The molecule has 0 aliphatic rings. The highest BCUT2D eigenvalue weighted by Crippen LogP contribution is 2.28. The van der Waals surface area contributed by atoms with Crippen molar-refractivity contribution in [2.45, 2.75) is 13.0 Å². The molecule has 0 saturated carbocycles. The lowest BCUT2D eigenvalue weighted by Crippen LogP contribution is -2.09. The zero-order chi connectivity index (χ0) is 13.8. The van der Waals surface area contributed by atoms with Crippen LogP contribution < -0.4 is 5.32 Å². The van der Waals surface area contributed by atoms with E-state index in [1.807, 2.05) is 19.1 Å². The first-order valence-electron chi connectivity index (χ1n) is 5.69. The first kappa shape index (κ1) is 12.9. The van der Waals surface area contributed by atoms with Gasteiger partial charge in [0.1, 0.15) is 11.5 Å². The number of pyridine rings is 1. The number of hydrogen-bond acceptors (Lipinski definition) is 4. The molecule has 19 heavy (non-hydrogen) atoms. The van der Waals surface area contributed by atoms with Crippen LogP contribution in [0, 0.1) is 15.9 Å². The van der Waals surface area contributed by atoms with E-state index in [0.717, 1.165) is 11.8 Å². The Balaban J connectivity index is 2.26. The number of aromatic nitrogens is 1. The molecule has 0 amide bonds. The molecular weight excluding hydrogens is 249 g/mol. The van der Waals surface area contributed by atoms with Crippen LogP contribution in [0.4, 0.5) is 15.8 Å². The van der Waals surface area contributed by atoms with Gasteiger partial charge in [0.05, 0.1) is 22.7 Å². The number of anilines is 1. The molecule has 1 aromatic heterocycles. The van der Waals surface area contributed by atoms with Crippen LogP contribution in [-0.4, -0.2) is 9.91 Å². The van der Waals surface area contributed by atoms with Gasteiger partial charge < -0.3 is 5.32 Å². The second-order valence-electron chi connectivity index (χ2n) is 4.04. The van der Waals surface area contributed by atoms with Gasteiger partial charge in [-0.3, -0.25) is 15.1 Å². The van der Waals surface area contributed by atoms with Gasteiger partial charge >= 0.3 is 0 Å². The fourth-order valence-corrected chi connectivity index (χ4v) is 1.72. The predicted octanol–water partition coefficient (Wildman–Crippen LogP) is 3.30. The van der Waals surface area contributed by atoms with Gasteiger partial charge in [-0.15, -0.1) is 0 Å². The number of hydrogen-bond donors (Lipinski definition) is 1. The fourth-order valence-electron chi connectivity index (χ4n) is 1.72. The Morgan fingerprint density at radius 1 is 1.37 bits per heavy atom. The Hall–Kier alpha value is -2.50. The summed E-state index contributed by atoms with van der Waals surface area (Å²) in [4.78, 5) is 14.4. The molecule has 2 rings (SSSR count). The summed E-state index contributed by atoms with van der Waals surface area (Å²) in [6.45, 7) is 1.83. The highest BCUT2D eigenvalue weighted by molar-refractivity contribution is 5.62. The lowest BCUT2D eigenvalue weighted by Gasteiger charge is -2.14. The maximum Gasteiger partial charge on any atom is 0.295 e. The molecule has 1 N–H and O–H groups in total. The summed E-state index contributed by atoms with van der Waals surface area (Å²) in [5.41, 5.74) is 0.730. The Labute approximate surface area is 109 Å². The van der Waals surface area contributed by atoms with Crippen LogP contribution in [-0.2, 0) is 0 Å². The Morgan fingerprint density at radius 2 is 2.16 bits per heavy atom. The molecule has 1 aromatic carbocycles. The molecule has 0 bridgehead atoms. The van der Waals surface area contributed by atoms with Crippen molar-refractivity contribution in [3.05, 3.63) is 64.2 Å². The Kier molecular flexibility index (Phi) is 3.70. The van der Waals surface area contributed by atoms with Crippen LogP contribution in [0.25, 0.3) is 0 Å². The van der Waals surface area contributed by atoms with E-state index >= 15 is 0 Å². The van der Waals surface area contributed by atoms with E-state index in [-0.39, 0.29) is 17.4 Å². The number of nitro groups is 1. The van der Waals surface area contributed by atoms with Crippen molar-refractivity contribution in [1.29, 1.82) is 0 Å². The average Bonchev–Trinajstić information content (AvgIpc) is 2.41. The van der Waals surface area contributed by atoms with Gasteiger partial charge in [-0.25, -0.2) is 4.39 Å². The van der Waals surface area contributed by atoms with Gasteiger partial charge in [-0.05, 0) is 31.2 Å². The standard InChI is InChI=1S/C13H12FN3O2/c1-9(11-4-2-3-7-15-11)16-12-6-5-10(14)8-13(12)17(18)19/h2-9,16H,1H3. The van der Waals surface area contributed by atoms with E-state index in [4.69, 9.17) is 0 Å². The molecule has 1 unspecified atom stereocenters. The van der Waals surface area contributed by atoms with Gasteiger partial charge in [0, 0.05) is 6.20 Å². The molecule has 0 aliphatic carbocycles. The molecule has 0 aliphatic heterocycles. The summed E-state index contributed by atoms with van der Waals surface area (Å²) >= 11 is 0. The van der Waals surface area contributed by atoms with Crippen molar-refractivity contribution in [3.8, 4) is 0 Å². The van der Waals surface area contributed by atoms with Crippen LogP contribution in [0.15, 0.2) is 42.6 Å². The minimum atomic E-state index is -0.636. The molecule has 0 radical (unpaired) electrons. The van der Waals surface area contributed by atoms with E-state index < -0.39 is 10.7 Å². The topological polar surface area (TPSA) is 68.1 Å². The minimum Gasteiger partial charge on any atom is -0.371 e. The van der Waals surface area contributed by atoms with E-state index in [0.29, 0.717) is 0 Å². The van der Waals surface area contributed by atoms with Crippen LogP contribution >= 0.6 is 0 Å². The van der Waals surface area contributed by atoms with Crippen LogP contribution in [0.1, 0.15) is 18.7 Å². The third-order valence-corrected chi connectivity index (χ3v) is 2.66. The highest BCUT2D eigenvalue weighted by Gasteiger charge is 2.17. The maximum atomic E-state index is 13.0. The molecule has 5 nitrogen and oxygen atoms in total. The van der Waals surface area contributed by atoms with Crippen LogP contribution in [0.2, 0.25) is 0 Å². The van der Waals surface area contributed by atoms with E-state index in [9.17, 15) is 14.5 Å². The second kappa shape index (κ2) is 5.43. The van der Waals surface area contributed by atoms with Crippen molar-refractivity contribution < 1.29 is 9.31 Å². The van der Waals surface area contributed by atoms with Crippen molar-refractivity contribution in [2.75, 3.05) is 5.32 Å². The maximum absolute atomic E-state index is 13.0. The molecule has 2 aromatic rings. The number of nitro benzene ring substituents is 1. The van der Waals surface area contributed by atoms with Crippen molar-refractivity contribution >= 4 is 11.4 Å². The zero-order valence-corrected chi connectivity index (χ0v) is 10.2. The summed E-state index contributed by atoms with van der Waals surface area (Å²) in [7, 11) is 0. The molecule has 0 fully saturated rings. The molecule has 1 heterocycles. The molecule has 0 saturated heterocycles. The third-order valence-electron chi connectivity index (χ3n) is 2.66. The number of rotatable bonds is 4. The first-order chi connectivity index (χ1) is 9.08. The van der Waals surface area contributed by atoms with Crippen LogP contribution in [0.3, 0.4) is 0 Å². The highest BCUT2D eigenvalue weighted by atomic mass is 19.1. The second-order valence-corrected chi connectivity index (χ2v) is 4.04. The SMILES string of the molecule is CC(Nc1ccc(F)cc1[N+](=O)[O-])c1ccccn1. The van der Waals surface area contributed by atoms with E-state index in [1.54, 1.807) is 12.3 Å². The van der Waals surface area contributed by atoms with Crippen molar-refractivity contribution in [1.82, 2.24) is 4.98 Å². The summed E-state index contributed by atoms with van der Waals surface area (Å²) < 4.78 is 13.0. The van der Waals surface area contributed by atoms with Crippen LogP contribution in [0.5, 0.6) is 0 Å². The Bertz CT molecular complexity index is 590. The first-order valence-corrected chi connectivity index (χ1v) is 5.69. The third kappa shape index (κ3) is 3.04. The zero-order valence-electron chi connectivity index (χ0n) is 10.2. The van der Waals surface area contributed by atoms with E-state index in [2.05, 4.69) is 10.3 Å². The van der Waals surface area contributed by atoms with Gasteiger partial charge in [-0.2, -0.15) is 0 Å². The summed E-state index contributed by atoms with van der Waals surface area (Å²) in [5, 5.41) is 13.8.